The molecule has 2 fully saturated rings. The molecular weight excluding hydrogens is 891 g/mol. The molecule has 2 heterocycles. The van der Waals surface area contributed by atoms with Crippen LogP contribution in [0, 0.1) is 0 Å². The van der Waals surface area contributed by atoms with Crippen molar-refractivity contribution >= 4 is 17.8 Å². The van der Waals surface area contributed by atoms with Crippen molar-refractivity contribution in [2.75, 3.05) is 6.61 Å². The molecule has 1 N–H and O–H groups in total. The van der Waals surface area contributed by atoms with Gasteiger partial charge < -0.3 is 33.7 Å². The molecule has 6 rings (SSSR count). The minimum atomic E-state index is -0.994. The molecule has 71 heavy (non-hydrogen) atoms. The van der Waals surface area contributed by atoms with Gasteiger partial charge in [0.15, 0.2) is 18.2 Å². The highest BCUT2D eigenvalue weighted by Gasteiger charge is 2.54. The van der Waals surface area contributed by atoms with Crippen LogP contribution in [0.25, 0.3) is 0 Å². The quantitative estimate of drug-likeness (QED) is 0.0368. The number of carbonyl (C=O) groups excluding carboxylic acids is 3. The largest absolute Gasteiger partial charge is 0.462 e. The number of rotatable bonds is 33. The smallest absolute Gasteiger partial charge is 0.306 e. The summed E-state index contributed by atoms with van der Waals surface area (Å²) in [5.41, 5.74) is 4.99. The number of nitrogens with one attached hydrogen (secondary N) is 1. The third-order valence-corrected chi connectivity index (χ3v) is 13.7. The number of ether oxygens (including phenoxy) is 6. The van der Waals surface area contributed by atoms with Crippen LogP contribution in [0.4, 0.5) is 0 Å². The molecule has 2 aliphatic rings. The number of hydrogen-bond acceptors (Lipinski definition) is 9. The zero-order valence-electron chi connectivity index (χ0n) is 42.9. The summed E-state index contributed by atoms with van der Waals surface area (Å²) in [6.07, 6.45) is 16.6. The highest BCUT2D eigenvalue weighted by molar-refractivity contribution is 5.78. The second-order valence-electron chi connectivity index (χ2n) is 20.1. The molecule has 0 radical (unpaired) electrons. The summed E-state index contributed by atoms with van der Waals surface area (Å²) in [6.45, 7) is 4.04. The summed E-state index contributed by atoms with van der Waals surface area (Å²) >= 11 is 0. The minimum Gasteiger partial charge on any atom is -0.462 e. The lowest BCUT2D eigenvalue weighted by Crippen LogP contribution is -2.69. The van der Waals surface area contributed by atoms with Crippen LogP contribution in [-0.2, 0) is 68.7 Å². The molecule has 0 bridgehead atoms. The molecule has 0 unspecified atom stereocenters. The average Bonchev–Trinajstić information content (AvgIpc) is 3.37. The summed E-state index contributed by atoms with van der Waals surface area (Å²) < 4.78 is 38.0. The number of unbranched alkanes of at least 4 members (excludes halogenated alkanes) is 13. The van der Waals surface area contributed by atoms with Gasteiger partial charge in [0.1, 0.15) is 24.4 Å². The van der Waals surface area contributed by atoms with Gasteiger partial charge in [-0.1, -0.05) is 186 Å². The third kappa shape index (κ3) is 21.4. The van der Waals surface area contributed by atoms with E-state index in [1.165, 1.54) is 23.1 Å². The highest BCUT2D eigenvalue weighted by atomic mass is 16.8. The Kier molecular flexibility index (Phi) is 24.6. The molecule has 0 saturated carbocycles. The van der Waals surface area contributed by atoms with Crippen LogP contribution in [0.3, 0.4) is 0 Å². The Morgan fingerprint density at radius 2 is 1.03 bits per heavy atom. The Labute approximate surface area is 425 Å². The summed E-state index contributed by atoms with van der Waals surface area (Å²) in [5.74, 6) is -1.96. The predicted octanol–water partition coefficient (Wildman–Crippen LogP) is 12.9. The van der Waals surface area contributed by atoms with E-state index in [9.17, 15) is 14.4 Å². The monoisotopic (exact) mass is 974 g/mol. The van der Waals surface area contributed by atoms with Crippen molar-refractivity contribution in [3.05, 3.63) is 144 Å². The lowest BCUT2D eigenvalue weighted by atomic mass is 9.94. The molecular formula is C61H83NO9. The van der Waals surface area contributed by atoms with E-state index in [2.05, 4.69) is 84.2 Å². The highest BCUT2D eigenvalue weighted by Crippen LogP contribution is 2.35. The second kappa shape index (κ2) is 31.6. The van der Waals surface area contributed by atoms with Gasteiger partial charge >= 0.3 is 11.9 Å². The summed E-state index contributed by atoms with van der Waals surface area (Å²) in [7, 11) is 0. The van der Waals surface area contributed by atoms with Crippen LogP contribution in [0.2, 0.25) is 0 Å². The van der Waals surface area contributed by atoms with Gasteiger partial charge in [0, 0.05) is 12.8 Å². The van der Waals surface area contributed by atoms with Crippen molar-refractivity contribution in [3.63, 3.8) is 0 Å². The van der Waals surface area contributed by atoms with E-state index in [4.69, 9.17) is 28.4 Å². The number of carbonyl (C=O) groups is 3. The van der Waals surface area contributed by atoms with Crippen LogP contribution in [0.15, 0.2) is 121 Å². The molecule has 6 atom stereocenters. The first-order valence-corrected chi connectivity index (χ1v) is 27.1. The number of esters is 2. The van der Waals surface area contributed by atoms with Crippen LogP contribution in [0.1, 0.15) is 165 Å². The van der Waals surface area contributed by atoms with Crippen molar-refractivity contribution < 1.29 is 42.8 Å². The van der Waals surface area contributed by atoms with Crippen molar-refractivity contribution in [1.29, 1.82) is 0 Å². The van der Waals surface area contributed by atoms with Crippen LogP contribution in [0.5, 0.6) is 0 Å². The maximum absolute atomic E-state index is 14.4. The van der Waals surface area contributed by atoms with E-state index in [1.807, 2.05) is 56.3 Å². The fraction of sp³-hybridized carbons (Fsp3) is 0.557. The molecule has 1 amide bonds. The van der Waals surface area contributed by atoms with Gasteiger partial charge in [-0.2, -0.15) is 0 Å². The first-order chi connectivity index (χ1) is 34.7. The third-order valence-electron chi connectivity index (χ3n) is 13.7. The molecule has 0 spiro atoms. The molecule has 4 aromatic rings. The van der Waals surface area contributed by atoms with E-state index in [-0.39, 0.29) is 43.9 Å². The minimum absolute atomic E-state index is 0.0470. The van der Waals surface area contributed by atoms with Gasteiger partial charge in [0.05, 0.1) is 19.6 Å². The number of aryl methyl sites for hydroxylation is 3. The normalized spacial score (nSPS) is 19.8. The van der Waals surface area contributed by atoms with Gasteiger partial charge in [-0.3, -0.25) is 14.4 Å². The average molecular weight is 974 g/mol. The predicted molar refractivity (Wildman–Crippen MR) is 279 cm³/mol. The maximum atomic E-state index is 14.4. The molecule has 2 saturated heterocycles. The number of amides is 1. The van der Waals surface area contributed by atoms with Crippen LogP contribution < -0.4 is 5.32 Å². The van der Waals surface area contributed by atoms with Crippen molar-refractivity contribution in [2.24, 2.45) is 0 Å². The Balaban J connectivity index is 1.06. The van der Waals surface area contributed by atoms with Crippen molar-refractivity contribution in [2.45, 2.75) is 211 Å². The molecule has 0 aromatic heterocycles. The molecule has 4 aromatic carbocycles. The fourth-order valence-corrected chi connectivity index (χ4v) is 9.72. The summed E-state index contributed by atoms with van der Waals surface area (Å²) in [5, 5.41) is 3.17. The number of benzene rings is 4. The first kappa shape index (κ1) is 55.4. The topological polar surface area (TPSA) is 119 Å². The van der Waals surface area contributed by atoms with Crippen molar-refractivity contribution in [3.8, 4) is 0 Å². The van der Waals surface area contributed by atoms with E-state index >= 15 is 0 Å². The van der Waals surface area contributed by atoms with Gasteiger partial charge in [-0.25, -0.2) is 0 Å². The molecule has 2 aliphatic heterocycles. The summed E-state index contributed by atoms with van der Waals surface area (Å²) in [6, 6.07) is 40.5. The molecule has 386 valence electrons. The number of fused-ring (bicyclic) bond motifs is 1. The zero-order valence-corrected chi connectivity index (χ0v) is 42.9. The lowest BCUT2D eigenvalue weighted by Gasteiger charge is -2.50. The van der Waals surface area contributed by atoms with Gasteiger partial charge in [0.2, 0.25) is 5.91 Å². The Hall–Kier alpha value is -4.87. The summed E-state index contributed by atoms with van der Waals surface area (Å²) in [4.78, 5) is 41.6. The Morgan fingerprint density at radius 3 is 1.55 bits per heavy atom. The Morgan fingerprint density at radius 1 is 0.577 bits per heavy atom. The van der Waals surface area contributed by atoms with E-state index in [0.29, 0.717) is 19.3 Å². The second-order valence-corrected chi connectivity index (χ2v) is 20.1. The van der Waals surface area contributed by atoms with Crippen LogP contribution >= 0.6 is 0 Å². The zero-order chi connectivity index (χ0) is 49.8. The van der Waals surface area contributed by atoms with E-state index in [1.54, 1.807) is 0 Å². The SMILES string of the molecule is CC1(C)OC[C@H]2O[C@@H](OCc3ccccc3)[C@H](NC(=O)C[C@H](CCCCCCc3ccccc3)OC(=O)CCCCCCCCc3ccccc3)[C@@H](OC(=O)CCCCCCCCc3ccccc3)[C@@H]2O1. The lowest BCUT2D eigenvalue weighted by molar-refractivity contribution is -0.370. The Bertz CT molecular complexity index is 2070. The number of hydrogen-bond donors (Lipinski definition) is 1. The van der Waals surface area contributed by atoms with E-state index < -0.39 is 42.5 Å². The molecule has 0 aliphatic carbocycles. The maximum Gasteiger partial charge on any atom is 0.306 e. The van der Waals surface area contributed by atoms with Gasteiger partial charge in [0.25, 0.3) is 0 Å². The van der Waals surface area contributed by atoms with Crippen LogP contribution in [-0.4, -0.2) is 67.0 Å². The molecule has 10 heteroatoms. The van der Waals surface area contributed by atoms with Crippen molar-refractivity contribution in [1.82, 2.24) is 5.32 Å². The fourth-order valence-electron chi connectivity index (χ4n) is 9.72. The first-order valence-electron chi connectivity index (χ1n) is 27.1. The van der Waals surface area contributed by atoms with Gasteiger partial charge in [-0.15, -0.1) is 0 Å². The van der Waals surface area contributed by atoms with E-state index in [0.717, 1.165) is 115 Å². The van der Waals surface area contributed by atoms with Gasteiger partial charge in [-0.05, 0) is 100 Å². The molecule has 10 nitrogen and oxygen atoms in total. The standard InChI is InChI=1S/C61H83NO9/c1-61(2)67-47-53-58(71-61)59(70-56(65)44-30-10-6-4-8-18-32-49-36-22-14-23-37-49)57(60(69-53)66-46-51-40-26-16-27-41-51)62-54(63)45-52(42-28-12-11-19-33-50-38-24-15-25-39-50)68-55(64)43-29-9-5-3-7-17-31-48-34-20-13-21-35-48/h13-16,20-27,34-41,52-53,57-60H,3-12,17-19,28-33,42-47H2,1-2H3,(H,62,63)/t52-,53+,57+,58+,59+,60+/m0/s1.